The van der Waals surface area contributed by atoms with Crippen molar-refractivity contribution < 1.29 is 9.66 Å². The maximum Gasteiger partial charge on any atom is 0.270 e. The van der Waals surface area contributed by atoms with Crippen LogP contribution in [0.1, 0.15) is 12.0 Å². The molecule has 1 rings (SSSR count). The molecule has 0 aliphatic rings. The van der Waals surface area contributed by atoms with Crippen LogP contribution in [0.25, 0.3) is 0 Å². The number of non-ortho nitro benzene ring substituents is 1. The molecule has 0 heterocycles. The van der Waals surface area contributed by atoms with Crippen molar-refractivity contribution in [3.8, 4) is 6.07 Å². The molecule has 6 heteroatoms. The Morgan fingerprint density at radius 2 is 2.32 bits per heavy atom. The normalized spacial score (nSPS) is 9.63. The van der Waals surface area contributed by atoms with Crippen LogP contribution in [0.15, 0.2) is 30.9 Å². The number of nitriles is 1. The third kappa shape index (κ3) is 4.77. The minimum absolute atomic E-state index is 0.0932. The van der Waals surface area contributed by atoms with E-state index in [0.717, 1.165) is 6.42 Å². The van der Waals surface area contributed by atoms with Crippen LogP contribution in [0.3, 0.4) is 0 Å². The van der Waals surface area contributed by atoms with Gasteiger partial charge in [-0.1, -0.05) is 6.08 Å². The highest BCUT2D eigenvalue weighted by atomic mass is 16.6. The van der Waals surface area contributed by atoms with Crippen LogP contribution >= 0.6 is 0 Å². The Bertz CT molecular complexity index is 494. The molecule has 0 saturated heterocycles. The van der Waals surface area contributed by atoms with Crippen molar-refractivity contribution in [3.05, 3.63) is 46.5 Å². The van der Waals surface area contributed by atoms with Crippen LogP contribution < -0.4 is 5.32 Å². The number of ether oxygens (including phenoxy) is 1. The van der Waals surface area contributed by atoms with Gasteiger partial charge >= 0.3 is 0 Å². The second-order valence-corrected chi connectivity index (χ2v) is 3.72. The van der Waals surface area contributed by atoms with E-state index in [-0.39, 0.29) is 11.3 Å². The number of anilines is 1. The van der Waals surface area contributed by atoms with Gasteiger partial charge < -0.3 is 10.1 Å². The molecule has 0 bridgehead atoms. The van der Waals surface area contributed by atoms with Crippen molar-refractivity contribution in [3.63, 3.8) is 0 Å². The Hall–Kier alpha value is -2.39. The highest BCUT2D eigenvalue weighted by molar-refractivity contribution is 5.61. The van der Waals surface area contributed by atoms with Crippen LogP contribution in [0.4, 0.5) is 11.4 Å². The number of benzene rings is 1. The largest absolute Gasteiger partial charge is 0.382 e. The molecule has 0 amide bonds. The quantitative estimate of drug-likeness (QED) is 0.336. The minimum atomic E-state index is -0.525. The van der Waals surface area contributed by atoms with E-state index in [1.54, 1.807) is 6.08 Å². The average molecular weight is 261 g/mol. The lowest BCUT2D eigenvalue weighted by molar-refractivity contribution is -0.384. The Labute approximate surface area is 111 Å². The van der Waals surface area contributed by atoms with Gasteiger partial charge in [0.05, 0.1) is 29.4 Å². The first-order valence-electron chi connectivity index (χ1n) is 5.80. The molecule has 0 aliphatic heterocycles. The molecule has 6 nitrogen and oxygen atoms in total. The zero-order chi connectivity index (χ0) is 14.1. The maximum absolute atomic E-state index is 10.6. The van der Waals surface area contributed by atoms with Gasteiger partial charge in [0.15, 0.2) is 0 Å². The first-order chi connectivity index (χ1) is 9.19. The van der Waals surface area contributed by atoms with Crippen LogP contribution in [0.5, 0.6) is 0 Å². The third-order valence-corrected chi connectivity index (χ3v) is 2.36. The van der Waals surface area contributed by atoms with Gasteiger partial charge in [-0.25, -0.2) is 0 Å². The van der Waals surface area contributed by atoms with Gasteiger partial charge in [-0.2, -0.15) is 5.26 Å². The summed E-state index contributed by atoms with van der Waals surface area (Å²) in [6.45, 7) is 5.22. The fourth-order valence-corrected chi connectivity index (χ4v) is 1.42. The monoisotopic (exact) mass is 261 g/mol. The van der Waals surface area contributed by atoms with Crippen molar-refractivity contribution in [2.75, 3.05) is 25.1 Å². The van der Waals surface area contributed by atoms with Crippen LogP contribution in [0.2, 0.25) is 0 Å². The minimum Gasteiger partial charge on any atom is -0.382 e. The van der Waals surface area contributed by atoms with Crippen LogP contribution in [0, 0.1) is 21.4 Å². The molecule has 0 aromatic heterocycles. The SMILES string of the molecule is C=CCCOCCNc1ccc([N+](=O)[O-])cc1C#N. The highest BCUT2D eigenvalue weighted by Crippen LogP contribution is 2.21. The number of nitro benzene ring substituents is 1. The molecule has 0 atom stereocenters. The number of nitro groups is 1. The molecule has 1 aromatic carbocycles. The summed E-state index contributed by atoms with van der Waals surface area (Å²) in [7, 11) is 0. The topological polar surface area (TPSA) is 88.2 Å². The second-order valence-electron chi connectivity index (χ2n) is 3.72. The van der Waals surface area contributed by atoms with Crippen molar-refractivity contribution >= 4 is 11.4 Å². The van der Waals surface area contributed by atoms with Crippen molar-refractivity contribution in [2.45, 2.75) is 6.42 Å². The molecule has 1 aromatic rings. The summed E-state index contributed by atoms with van der Waals surface area (Å²) >= 11 is 0. The van der Waals surface area contributed by atoms with Crippen LogP contribution in [-0.4, -0.2) is 24.7 Å². The van der Waals surface area contributed by atoms with Crippen LogP contribution in [-0.2, 0) is 4.74 Å². The van der Waals surface area contributed by atoms with Gasteiger partial charge in [-0.15, -0.1) is 6.58 Å². The van der Waals surface area contributed by atoms with Gasteiger partial charge in [0.1, 0.15) is 6.07 Å². The lowest BCUT2D eigenvalue weighted by atomic mass is 10.1. The van der Waals surface area contributed by atoms with E-state index in [2.05, 4.69) is 11.9 Å². The summed E-state index contributed by atoms with van der Waals surface area (Å²) in [6.07, 6.45) is 2.57. The third-order valence-electron chi connectivity index (χ3n) is 2.36. The van der Waals surface area contributed by atoms with E-state index >= 15 is 0 Å². The fraction of sp³-hybridized carbons (Fsp3) is 0.308. The predicted molar refractivity (Wildman–Crippen MR) is 71.9 cm³/mol. The molecule has 1 N–H and O–H groups in total. The molecule has 0 radical (unpaired) electrons. The van der Waals surface area contributed by atoms with Gasteiger partial charge in [0.2, 0.25) is 0 Å². The smallest absolute Gasteiger partial charge is 0.270 e. The summed E-state index contributed by atoms with van der Waals surface area (Å²) in [6, 6.07) is 6.07. The van der Waals surface area contributed by atoms with Crippen molar-refractivity contribution in [1.29, 1.82) is 5.26 Å². The number of nitrogens with one attached hydrogen (secondary N) is 1. The lowest BCUT2D eigenvalue weighted by Gasteiger charge is -2.08. The molecule has 0 unspecified atom stereocenters. The summed E-state index contributed by atoms with van der Waals surface area (Å²) in [5.74, 6) is 0. The summed E-state index contributed by atoms with van der Waals surface area (Å²) in [5, 5.41) is 22.5. The van der Waals surface area contributed by atoms with E-state index in [0.29, 0.717) is 25.4 Å². The van der Waals surface area contributed by atoms with Gasteiger partial charge in [0, 0.05) is 18.7 Å². The maximum atomic E-state index is 10.6. The number of nitrogens with zero attached hydrogens (tertiary/aromatic N) is 2. The first kappa shape index (κ1) is 14.7. The molecule has 100 valence electrons. The number of hydrogen-bond acceptors (Lipinski definition) is 5. The molecular weight excluding hydrogens is 246 g/mol. The van der Waals surface area contributed by atoms with Crippen molar-refractivity contribution in [1.82, 2.24) is 0 Å². The average Bonchev–Trinajstić information content (AvgIpc) is 2.42. The second kappa shape index (κ2) is 7.84. The molecule has 0 aliphatic carbocycles. The Balaban J connectivity index is 2.52. The summed E-state index contributed by atoms with van der Waals surface area (Å²) < 4.78 is 5.31. The van der Waals surface area contributed by atoms with E-state index < -0.39 is 4.92 Å². The molecule has 19 heavy (non-hydrogen) atoms. The molecule has 0 saturated carbocycles. The molecule has 0 spiro atoms. The fourth-order valence-electron chi connectivity index (χ4n) is 1.42. The van der Waals surface area contributed by atoms with E-state index in [1.165, 1.54) is 18.2 Å². The van der Waals surface area contributed by atoms with E-state index in [9.17, 15) is 10.1 Å². The van der Waals surface area contributed by atoms with Gasteiger partial charge in [-0.3, -0.25) is 10.1 Å². The highest BCUT2D eigenvalue weighted by Gasteiger charge is 2.09. The van der Waals surface area contributed by atoms with Crippen molar-refractivity contribution in [2.24, 2.45) is 0 Å². The van der Waals surface area contributed by atoms with E-state index in [4.69, 9.17) is 10.00 Å². The molecular formula is C13H15N3O3. The standard InChI is InChI=1S/C13H15N3O3/c1-2-3-7-19-8-6-15-13-5-4-12(16(17)18)9-11(13)10-14/h2,4-5,9,15H,1,3,6-8H2. The van der Waals surface area contributed by atoms with E-state index in [1.807, 2.05) is 6.07 Å². The molecule has 0 fully saturated rings. The Morgan fingerprint density at radius 1 is 1.53 bits per heavy atom. The Kier molecular flexibility index (Phi) is 6.06. The number of hydrogen-bond donors (Lipinski definition) is 1. The zero-order valence-electron chi connectivity index (χ0n) is 10.5. The predicted octanol–water partition coefficient (Wildman–Crippen LogP) is 2.47. The lowest BCUT2D eigenvalue weighted by Crippen LogP contribution is -2.10. The van der Waals surface area contributed by atoms with Gasteiger partial charge in [-0.05, 0) is 12.5 Å². The zero-order valence-corrected chi connectivity index (χ0v) is 10.5. The summed E-state index contributed by atoms with van der Waals surface area (Å²) in [5.41, 5.74) is 0.727. The first-order valence-corrected chi connectivity index (χ1v) is 5.80. The number of rotatable bonds is 8. The Morgan fingerprint density at radius 3 is 2.95 bits per heavy atom. The van der Waals surface area contributed by atoms with Gasteiger partial charge in [0.25, 0.3) is 5.69 Å². The summed E-state index contributed by atoms with van der Waals surface area (Å²) in [4.78, 5) is 10.1.